The zero-order valence-electron chi connectivity index (χ0n) is 15.0. The molecule has 0 saturated heterocycles. The molecule has 1 heterocycles. The molecule has 26 heavy (non-hydrogen) atoms. The highest BCUT2D eigenvalue weighted by molar-refractivity contribution is 5.95. The number of hydrogen-bond donors (Lipinski definition) is 2. The van der Waals surface area contributed by atoms with Crippen LogP contribution >= 0.6 is 0 Å². The van der Waals surface area contributed by atoms with Crippen LogP contribution in [0.4, 0.5) is 5.69 Å². The molecule has 0 spiro atoms. The highest BCUT2D eigenvalue weighted by Crippen LogP contribution is 2.31. The molecular weight excluding hydrogens is 320 g/mol. The average molecular weight is 342 g/mol. The van der Waals surface area contributed by atoms with E-state index in [9.17, 15) is 5.11 Å². The van der Waals surface area contributed by atoms with Crippen LogP contribution in [0, 0.1) is 0 Å². The van der Waals surface area contributed by atoms with Gasteiger partial charge in [-0.05, 0) is 42.8 Å². The van der Waals surface area contributed by atoms with Crippen LogP contribution in [0.3, 0.4) is 0 Å². The van der Waals surface area contributed by atoms with Gasteiger partial charge in [-0.15, -0.1) is 0 Å². The minimum Gasteiger partial charge on any atom is -0.394 e. The molecule has 0 atom stereocenters. The monoisotopic (exact) mass is 342 g/mol. The van der Waals surface area contributed by atoms with Crippen molar-refractivity contribution >= 4 is 27.4 Å². The van der Waals surface area contributed by atoms with Gasteiger partial charge in [0.2, 0.25) is 0 Å². The summed E-state index contributed by atoms with van der Waals surface area (Å²) in [6.07, 6.45) is 0. The SMILES string of the molecule is CC(C)(CO)Nc1cc(-c2ccc3ccccc3c2)nc2ccccc12. The first-order valence-electron chi connectivity index (χ1n) is 8.84. The molecule has 0 aliphatic rings. The van der Waals surface area contributed by atoms with Crippen molar-refractivity contribution in [2.45, 2.75) is 19.4 Å². The molecule has 0 aliphatic carbocycles. The molecule has 1 aromatic heterocycles. The summed E-state index contributed by atoms with van der Waals surface area (Å²) in [6, 6.07) is 24.9. The number of para-hydroxylation sites is 1. The van der Waals surface area contributed by atoms with Crippen LogP contribution in [-0.2, 0) is 0 Å². The lowest BCUT2D eigenvalue weighted by Gasteiger charge is -2.26. The van der Waals surface area contributed by atoms with Crippen LogP contribution in [0.15, 0.2) is 72.8 Å². The zero-order chi connectivity index (χ0) is 18.1. The second-order valence-electron chi connectivity index (χ2n) is 7.30. The lowest BCUT2D eigenvalue weighted by molar-refractivity contribution is 0.234. The highest BCUT2D eigenvalue weighted by atomic mass is 16.3. The second kappa shape index (κ2) is 6.43. The number of hydrogen-bond acceptors (Lipinski definition) is 3. The first-order valence-corrected chi connectivity index (χ1v) is 8.84. The van der Waals surface area contributed by atoms with Crippen molar-refractivity contribution in [2.24, 2.45) is 0 Å². The number of anilines is 1. The molecule has 0 bridgehead atoms. The van der Waals surface area contributed by atoms with Gasteiger partial charge >= 0.3 is 0 Å². The predicted molar refractivity (Wildman–Crippen MR) is 109 cm³/mol. The van der Waals surface area contributed by atoms with Gasteiger partial charge in [0.15, 0.2) is 0 Å². The molecule has 2 N–H and O–H groups in total. The second-order valence-corrected chi connectivity index (χ2v) is 7.30. The van der Waals surface area contributed by atoms with Crippen LogP contribution in [0.25, 0.3) is 32.9 Å². The number of aromatic nitrogens is 1. The van der Waals surface area contributed by atoms with Gasteiger partial charge in [0, 0.05) is 16.6 Å². The summed E-state index contributed by atoms with van der Waals surface area (Å²) in [5, 5.41) is 16.6. The number of benzene rings is 3. The maximum Gasteiger partial charge on any atom is 0.0730 e. The zero-order valence-corrected chi connectivity index (χ0v) is 15.0. The van der Waals surface area contributed by atoms with Gasteiger partial charge in [-0.3, -0.25) is 0 Å². The molecule has 130 valence electrons. The van der Waals surface area contributed by atoms with E-state index in [1.165, 1.54) is 10.8 Å². The number of fused-ring (bicyclic) bond motifs is 2. The minimum absolute atomic E-state index is 0.0506. The predicted octanol–water partition coefficient (Wildman–Crippen LogP) is 5.24. The van der Waals surface area contributed by atoms with E-state index in [0.717, 1.165) is 27.8 Å². The van der Waals surface area contributed by atoms with Crippen LogP contribution < -0.4 is 5.32 Å². The molecule has 3 aromatic carbocycles. The number of aliphatic hydroxyl groups excluding tert-OH is 1. The van der Waals surface area contributed by atoms with Crippen LogP contribution in [0.2, 0.25) is 0 Å². The molecule has 0 aliphatic heterocycles. The largest absolute Gasteiger partial charge is 0.394 e. The van der Waals surface area contributed by atoms with Crippen molar-refractivity contribution in [3.8, 4) is 11.3 Å². The van der Waals surface area contributed by atoms with E-state index in [1.807, 2.05) is 32.0 Å². The third-order valence-corrected chi connectivity index (χ3v) is 4.63. The summed E-state index contributed by atoms with van der Waals surface area (Å²) in [5.41, 5.74) is 3.52. The third-order valence-electron chi connectivity index (χ3n) is 4.63. The van der Waals surface area contributed by atoms with E-state index in [-0.39, 0.29) is 6.61 Å². The molecule has 0 amide bonds. The number of aliphatic hydroxyl groups is 1. The Bertz CT molecular complexity index is 1090. The number of nitrogens with zero attached hydrogens (tertiary/aromatic N) is 1. The van der Waals surface area contributed by atoms with E-state index < -0.39 is 5.54 Å². The summed E-state index contributed by atoms with van der Waals surface area (Å²) in [5.74, 6) is 0. The van der Waals surface area contributed by atoms with E-state index >= 15 is 0 Å². The first-order chi connectivity index (χ1) is 12.6. The molecule has 4 aromatic rings. The minimum atomic E-state index is -0.412. The van der Waals surface area contributed by atoms with Crippen molar-refractivity contribution in [1.29, 1.82) is 0 Å². The Hall–Kier alpha value is -2.91. The van der Waals surface area contributed by atoms with Gasteiger partial charge < -0.3 is 10.4 Å². The number of rotatable bonds is 4. The fraction of sp³-hybridized carbons (Fsp3) is 0.174. The maximum absolute atomic E-state index is 9.65. The van der Waals surface area contributed by atoms with Gasteiger partial charge in [0.25, 0.3) is 0 Å². The highest BCUT2D eigenvalue weighted by Gasteiger charge is 2.18. The van der Waals surface area contributed by atoms with Crippen molar-refractivity contribution < 1.29 is 5.11 Å². The van der Waals surface area contributed by atoms with Crippen LogP contribution in [0.1, 0.15) is 13.8 Å². The number of pyridine rings is 1. The quantitative estimate of drug-likeness (QED) is 0.533. The molecule has 0 fully saturated rings. The Balaban J connectivity index is 1.89. The summed E-state index contributed by atoms with van der Waals surface area (Å²) in [4.78, 5) is 4.87. The summed E-state index contributed by atoms with van der Waals surface area (Å²) in [6.45, 7) is 4.02. The van der Waals surface area contributed by atoms with E-state index in [2.05, 4.69) is 59.9 Å². The van der Waals surface area contributed by atoms with Crippen molar-refractivity contribution in [3.05, 3.63) is 72.8 Å². The summed E-state index contributed by atoms with van der Waals surface area (Å²) < 4.78 is 0. The molecule has 4 rings (SSSR count). The fourth-order valence-corrected chi connectivity index (χ4v) is 3.18. The normalized spacial score (nSPS) is 11.8. The molecule has 0 saturated carbocycles. The summed E-state index contributed by atoms with van der Waals surface area (Å²) in [7, 11) is 0. The Kier molecular flexibility index (Phi) is 4.09. The van der Waals surface area contributed by atoms with Crippen molar-refractivity contribution in [1.82, 2.24) is 4.98 Å². The van der Waals surface area contributed by atoms with E-state index in [0.29, 0.717) is 0 Å². The molecule has 0 radical (unpaired) electrons. The standard InChI is InChI=1S/C23H22N2O/c1-23(2,15-26)25-22-14-21(24-20-10-6-5-9-19(20)22)18-12-11-16-7-3-4-8-17(16)13-18/h3-14,26H,15H2,1-2H3,(H,24,25). The Labute approximate surface area is 153 Å². The van der Waals surface area contributed by atoms with Gasteiger partial charge in [0.05, 0.1) is 23.4 Å². The van der Waals surface area contributed by atoms with Gasteiger partial charge in [0.1, 0.15) is 0 Å². The molecular formula is C23H22N2O. The lowest BCUT2D eigenvalue weighted by Crippen LogP contribution is -2.35. The van der Waals surface area contributed by atoms with E-state index in [1.54, 1.807) is 0 Å². The molecule has 3 nitrogen and oxygen atoms in total. The fourth-order valence-electron chi connectivity index (χ4n) is 3.18. The van der Waals surface area contributed by atoms with Crippen molar-refractivity contribution in [3.63, 3.8) is 0 Å². The molecule has 3 heteroatoms. The third kappa shape index (κ3) is 3.14. The van der Waals surface area contributed by atoms with Gasteiger partial charge in [-0.25, -0.2) is 4.98 Å². The average Bonchev–Trinajstić information content (AvgIpc) is 2.67. The molecule has 0 unspecified atom stereocenters. The van der Waals surface area contributed by atoms with Crippen LogP contribution in [-0.4, -0.2) is 22.2 Å². The summed E-state index contributed by atoms with van der Waals surface area (Å²) >= 11 is 0. The smallest absolute Gasteiger partial charge is 0.0730 e. The van der Waals surface area contributed by atoms with Crippen molar-refractivity contribution in [2.75, 3.05) is 11.9 Å². The first kappa shape index (κ1) is 16.6. The number of nitrogens with one attached hydrogen (secondary N) is 1. The van der Waals surface area contributed by atoms with Gasteiger partial charge in [-0.2, -0.15) is 0 Å². The van der Waals surface area contributed by atoms with E-state index in [4.69, 9.17) is 4.98 Å². The lowest BCUT2D eigenvalue weighted by atomic mass is 10.0. The Morgan fingerprint density at radius 1 is 0.885 bits per heavy atom. The van der Waals surface area contributed by atoms with Gasteiger partial charge in [-0.1, -0.05) is 54.6 Å². The Morgan fingerprint density at radius 2 is 1.62 bits per heavy atom. The Morgan fingerprint density at radius 3 is 2.42 bits per heavy atom. The van der Waals surface area contributed by atoms with Crippen LogP contribution in [0.5, 0.6) is 0 Å². The topological polar surface area (TPSA) is 45.1 Å². The maximum atomic E-state index is 9.65.